The van der Waals surface area contributed by atoms with Crippen molar-refractivity contribution in [2.24, 2.45) is 13.0 Å². The van der Waals surface area contributed by atoms with Gasteiger partial charge in [0.1, 0.15) is 0 Å². The van der Waals surface area contributed by atoms with Gasteiger partial charge in [-0.2, -0.15) is 5.26 Å². The molecule has 1 aromatic heterocycles. The maximum absolute atomic E-state index is 12.3. The molecule has 1 amide bonds. The maximum atomic E-state index is 12.3. The summed E-state index contributed by atoms with van der Waals surface area (Å²) in [5.74, 6) is 1.77. The van der Waals surface area contributed by atoms with Gasteiger partial charge in [0, 0.05) is 43.8 Å². The number of amides is 1. The van der Waals surface area contributed by atoms with Crippen LogP contribution in [0.3, 0.4) is 0 Å². The number of rotatable bonds is 5. The molecule has 1 saturated heterocycles. The third-order valence-corrected chi connectivity index (χ3v) is 5.47. The van der Waals surface area contributed by atoms with Crippen molar-refractivity contribution in [2.75, 3.05) is 18.8 Å². The van der Waals surface area contributed by atoms with Gasteiger partial charge in [-0.05, 0) is 12.8 Å². The van der Waals surface area contributed by atoms with E-state index in [0.717, 1.165) is 29.4 Å². The molecule has 2 heterocycles. The van der Waals surface area contributed by atoms with Crippen LogP contribution in [-0.4, -0.2) is 44.4 Å². The van der Waals surface area contributed by atoms with E-state index in [4.69, 9.17) is 5.26 Å². The number of nitriles is 1. The summed E-state index contributed by atoms with van der Waals surface area (Å²) in [6.07, 6.45) is 2.06. The number of carbonyl (C=O) groups is 1. The van der Waals surface area contributed by atoms with Gasteiger partial charge >= 0.3 is 0 Å². The lowest BCUT2D eigenvalue weighted by molar-refractivity contribution is -0.131. The molecule has 0 atom stereocenters. The normalized spacial score (nSPS) is 15.1. The summed E-state index contributed by atoms with van der Waals surface area (Å²) < 4.78 is 1.96. The van der Waals surface area contributed by atoms with Gasteiger partial charge in [0.15, 0.2) is 11.0 Å². The van der Waals surface area contributed by atoms with Gasteiger partial charge in [-0.25, -0.2) is 0 Å². The van der Waals surface area contributed by atoms with Crippen molar-refractivity contribution in [2.45, 2.75) is 24.4 Å². The van der Waals surface area contributed by atoms with Crippen LogP contribution in [0, 0.1) is 17.2 Å². The smallest absolute Gasteiger partial charge is 0.223 e. The first-order chi connectivity index (χ1) is 12.2. The molecule has 1 aliphatic rings. The van der Waals surface area contributed by atoms with Gasteiger partial charge in [0.05, 0.1) is 6.07 Å². The number of nitrogens with zero attached hydrogens (tertiary/aromatic N) is 5. The van der Waals surface area contributed by atoms with Gasteiger partial charge in [-0.3, -0.25) is 4.79 Å². The predicted molar refractivity (Wildman–Crippen MR) is 96.7 cm³/mol. The zero-order chi connectivity index (χ0) is 17.6. The Balaban J connectivity index is 1.51. The molecule has 0 bridgehead atoms. The average Bonchev–Trinajstić information content (AvgIpc) is 3.03. The van der Waals surface area contributed by atoms with Crippen molar-refractivity contribution in [3.8, 4) is 17.5 Å². The molecule has 1 aromatic carbocycles. The van der Waals surface area contributed by atoms with Crippen LogP contribution in [0.15, 0.2) is 35.5 Å². The van der Waals surface area contributed by atoms with Crippen molar-refractivity contribution >= 4 is 17.7 Å². The maximum Gasteiger partial charge on any atom is 0.223 e. The summed E-state index contributed by atoms with van der Waals surface area (Å²) in [4.78, 5) is 14.2. The Morgan fingerprint density at radius 3 is 2.68 bits per heavy atom. The number of aromatic nitrogens is 3. The molecule has 130 valence electrons. The van der Waals surface area contributed by atoms with Gasteiger partial charge in [0.2, 0.25) is 5.91 Å². The highest BCUT2D eigenvalue weighted by atomic mass is 32.2. The van der Waals surface area contributed by atoms with Crippen LogP contribution in [0.4, 0.5) is 0 Å². The van der Waals surface area contributed by atoms with Crippen molar-refractivity contribution < 1.29 is 4.79 Å². The third-order valence-electron chi connectivity index (χ3n) is 4.44. The Kier molecular flexibility index (Phi) is 5.71. The molecule has 0 radical (unpaired) electrons. The molecule has 2 aromatic rings. The summed E-state index contributed by atoms with van der Waals surface area (Å²) in [5.41, 5.74) is 1.03. The lowest BCUT2D eigenvalue weighted by atomic mass is 9.98. The van der Waals surface area contributed by atoms with Crippen molar-refractivity contribution in [3.63, 3.8) is 0 Å². The van der Waals surface area contributed by atoms with Crippen LogP contribution in [0.1, 0.15) is 19.3 Å². The first-order valence-corrected chi connectivity index (χ1v) is 9.42. The fraction of sp³-hybridized carbons (Fsp3) is 0.444. The summed E-state index contributed by atoms with van der Waals surface area (Å²) in [7, 11) is 1.94. The fourth-order valence-electron chi connectivity index (χ4n) is 2.92. The monoisotopic (exact) mass is 355 g/mol. The second kappa shape index (κ2) is 8.17. The average molecular weight is 355 g/mol. The number of likely N-dealkylation sites (tertiary alicyclic amines) is 1. The minimum absolute atomic E-state index is 0.105. The van der Waals surface area contributed by atoms with E-state index in [1.807, 2.05) is 46.8 Å². The Labute approximate surface area is 151 Å². The van der Waals surface area contributed by atoms with Gasteiger partial charge in [0.25, 0.3) is 0 Å². The zero-order valence-corrected chi connectivity index (χ0v) is 15.1. The third kappa shape index (κ3) is 4.20. The van der Waals surface area contributed by atoms with E-state index in [-0.39, 0.29) is 11.8 Å². The number of hydrogen-bond donors (Lipinski definition) is 0. The van der Waals surface area contributed by atoms with E-state index in [1.54, 1.807) is 11.8 Å². The van der Waals surface area contributed by atoms with E-state index in [1.165, 1.54) is 0 Å². The summed E-state index contributed by atoms with van der Waals surface area (Å²) >= 11 is 1.55. The van der Waals surface area contributed by atoms with Crippen LogP contribution in [0.2, 0.25) is 0 Å². The van der Waals surface area contributed by atoms with Crippen LogP contribution >= 0.6 is 11.8 Å². The lowest BCUT2D eigenvalue weighted by Gasteiger charge is -2.29. The van der Waals surface area contributed by atoms with E-state index >= 15 is 0 Å². The largest absolute Gasteiger partial charge is 0.343 e. The topological polar surface area (TPSA) is 74.8 Å². The van der Waals surface area contributed by atoms with Crippen molar-refractivity contribution in [1.82, 2.24) is 19.7 Å². The molecular formula is C18H21N5OS. The highest BCUT2D eigenvalue weighted by Crippen LogP contribution is 2.23. The number of thioether (sulfide) groups is 1. The molecule has 0 saturated carbocycles. The van der Waals surface area contributed by atoms with E-state index in [0.29, 0.717) is 25.3 Å². The van der Waals surface area contributed by atoms with Crippen molar-refractivity contribution in [1.29, 1.82) is 5.26 Å². The number of benzene rings is 1. The van der Waals surface area contributed by atoms with E-state index in [2.05, 4.69) is 16.3 Å². The molecular weight excluding hydrogens is 334 g/mol. The Morgan fingerprint density at radius 1 is 1.28 bits per heavy atom. The molecule has 1 fully saturated rings. The second-order valence-electron chi connectivity index (χ2n) is 6.11. The van der Waals surface area contributed by atoms with Crippen LogP contribution < -0.4 is 0 Å². The zero-order valence-electron chi connectivity index (χ0n) is 14.3. The van der Waals surface area contributed by atoms with E-state index in [9.17, 15) is 4.79 Å². The number of carbonyl (C=O) groups excluding carboxylic acids is 1. The van der Waals surface area contributed by atoms with Gasteiger partial charge < -0.3 is 9.47 Å². The molecule has 1 aliphatic heterocycles. The summed E-state index contributed by atoms with van der Waals surface area (Å²) in [6.45, 7) is 1.40. The molecule has 0 unspecified atom stereocenters. The highest BCUT2D eigenvalue weighted by molar-refractivity contribution is 7.99. The highest BCUT2D eigenvalue weighted by Gasteiger charge is 2.22. The predicted octanol–water partition coefficient (Wildman–Crippen LogP) is 2.73. The standard InChI is InChI=1S/C18H21N5OS/c1-22-17(15-5-3-2-4-6-15)20-21-18(22)25-12-9-16(24)23-10-7-14(13-19)8-11-23/h2-6,14H,7-12H2,1H3. The second-order valence-corrected chi connectivity index (χ2v) is 7.18. The molecule has 7 heteroatoms. The molecule has 0 spiro atoms. The lowest BCUT2D eigenvalue weighted by Crippen LogP contribution is -2.38. The van der Waals surface area contributed by atoms with E-state index < -0.39 is 0 Å². The Hall–Kier alpha value is -2.33. The number of hydrogen-bond acceptors (Lipinski definition) is 5. The van der Waals surface area contributed by atoms with Crippen LogP contribution in [0.25, 0.3) is 11.4 Å². The first-order valence-electron chi connectivity index (χ1n) is 8.44. The quantitative estimate of drug-likeness (QED) is 0.771. The van der Waals surface area contributed by atoms with Crippen molar-refractivity contribution in [3.05, 3.63) is 30.3 Å². The van der Waals surface area contributed by atoms with Crippen LogP contribution in [-0.2, 0) is 11.8 Å². The summed E-state index contributed by atoms with van der Waals surface area (Å²) in [5, 5.41) is 18.2. The minimum Gasteiger partial charge on any atom is -0.343 e. The molecule has 0 aliphatic carbocycles. The fourth-order valence-corrected chi connectivity index (χ4v) is 3.76. The Bertz CT molecular complexity index is 760. The minimum atomic E-state index is 0.105. The van der Waals surface area contributed by atoms with Crippen LogP contribution in [0.5, 0.6) is 0 Å². The first kappa shape index (κ1) is 17.5. The molecule has 0 N–H and O–H groups in total. The summed E-state index contributed by atoms with van der Waals surface area (Å²) in [6, 6.07) is 12.2. The van der Waals surface area contributed by atoms with Gasteiger partial charge in [-0.15, -0.1) is 10.2 Å². The molecule has 3 rings (SSSR count). The molecule has 6 nitrogen and oxygen atoms in total. The Morgan fingerprint density at radius 2 is 2.00 bits per heavy atom. The SMILES string of the molecule is Cn1c(SCCC(=O)N2CCC(C#N)CC2)nnc1-c1ccccc1. The number of piperidine rings is 1. The molecule has 25 heavy (non-hydrogen) atoms. The van der Waals surface area contributed by atoms with Gasteiger partial charge in [-0.1, -0.05) is 42.1 Å².